The number of benzene rings is 1. The Kier molecular flexibility index (Phi) is 3.73. The van der Waals surface area contributed by atoms with Crippen molar-refractivity contribution in [3.05, 3.63) is 64.7 Å². The average Bonchev–Trinajstić information content (AvgIpc) is 3.25. The lowest BCUT2D eigenvalue weighted by Crippen LogP contribution is -2.13. The second-order valence-electron chi connectivity index (χ2n) is 6.63. The Bertz CT molecular complexity index is 1410. The van der Waals surface area contributed by atoms with Crippen LogP contribution in [0, 0.1) is 13.8 Å². The highest BCUT2D eigenvalue weighted by molar-refractivity contribution is 6.04. The molecule has 0 saturated carbocycles. The average molecular weight is 388 g/mol. The van der Waals surface area contributed by atoms with Gasteiger partial charge in [-0.05, 0) is 38.1 Å². The van der Waals surface area contributed by atoms with Gasteiger partial charge in [0.15, 0.2) is 5.58 Å². The molecule has 8 heteroatoms. The van der Waals surface area contributed by atoms with Crippen LogP contribution in [0.2, 0.25) is 0 Å². The monoisotopic (exact) mass is 388 g/mol. The summed E-state index contributed by atoms with van der Waals surface area (Å²) in [4.78, 5) is 21.3. The first-order valence-corrected chi connectivity index (χ1v) is 8.95. The van der Waals surface area contributed by atoms with Gasteiger partial charge < -0.3 is 13.7 Å². The summed E-state index contributed by atoms with van der Waals surface area (Å²) in [6, 6.07) is 9.10. The Morgan fingerprint density at radius 3 is 2.69 bits per heavy atom. The van der Waals surface area contributed by atoms with Crippen molar-refractivity contribution in [2.24, 2.45) is 0 Å². The molecule has 5 rings (SSSR count). The van der Waals surface area contributed by atoms with Crippen LogP contribution < -0.4 is 10.5 Å². The Balaban J connectivity index is 1.89. The van der Waals surface area contributed by atoms with Gasteiger partial charge in [-0.25, -0.2) is 14.3 Å². The predicted octanol–water partition coefficient (Wildman–Crippen LogP) is 3.81. The summed E-state index contributed by atoms with van der Waals surface area (Å²) in [5.74, 6) is 1.25. The standard InChI is InChI=1S/C21H16N4O4/c1-11-19(12(2)29-24-11)14-8-15-13(9-16(14)27-3)20-17(10-23-15)28-21(26)25(20)18-6-4-5-7-22-18/h4-10H,1-3H3. The minimum absolute atomic E-state index is 0.375. The van der Waals surface area contributed by atoms with Crippen molar-refractivity contribution in [3.63, 3.8) is 0 Å². The fourth-order valence-electron chi connectivity index (χ4n) is 3.65. The second-order valence-corrected chi connectivity index (χ2v) is 6.63. The van der Waals surface area contributed by atoms with Crippen LogP contribution in [0.4, 0.5) is 0 Å². The molecule has 0 radical (unpaired) electrons. The number of rotatable bonds is 3. The number of pyridine rings is 2. The Morgan fingerprint density at radius 1 is 1.14 bits per heavy atom. The molecule has 0 atom stereocenters. The van der Waals surface area contributed by atoms with Crippen molar-refractivity contribution in [2.75, 3.05) is 7.11 Å². The van der Waals surface area contributed by atoms with E-state index in [1.807, 2.05) is 32.0 Å². The van der Waals surface area contributed by atoms with Crippen molar-refractivity contribution >= 4 is 22.0 Å². The van der Waals surface area contributed by atoms with E-state index >= 15 is 0 Å². The lowest BCUT2D eigenvalue weighted by molar-refractivity contribution is 0.393. The van der Waals surface area contributed by atoms with E-state index in [4.69, 9.17) is 13.7 Å². The third-order valence-electron chi connectivity index (χ3n) is 4.91. The summed E-state index contributed by atoms with van der Waals surface area (Å²) in [5, 5.41) is 4.75. The number of ether oxygens (including phenoxy) is 1. The van der Waals surface area contributed by atoms with Crippen LogP contribution in [0.1, 0.15) is 11.5 Å². The highest BCUT2D eigenvalue weighted by Crippen LogP contribution is 2.38. The molecule has 8 nitrogen and oxygen atoms in total. The molecule has 4 aromatic heterocycles. The van der Waals surface area contributed by atoms with Gasteiger partial charge in [-0.1, -0.05) is 11.2 Å². The topological polar surface area (TPSA) is 96.2 Å². The number of aryl methyl sites for hydroxylation is 2. The van der Waals surface area contributed by atoms with E-state index in [0.29, 0.717) is 39.3 Å². The van der Waals surface area contributed by atoms with Gasteiger partial charge in [-0.2, -0.15) is 0 Å². The first-order valence-electron chi connectivity index (χ1n) is 8.95. The molecule has 0 N–H and O–H groups in total. The molecule has 0 unspecified atom stereocenters. The molecule has 0 bridgehead atoms. The summed E-state index contributed by atoms with van der Waals surface area (Å²) in [7, 11) is 1.59. The van der Waals surface area contributed by atoms with Crippen LogP contribution in [0.5, 0.6) is 5.75 Å². The highest BCUT2D eigenvalue weighted by atomic mass is 16.5. The number of hydrogen-bond acceptors (Lipinski definition) is 7. The molecule has 0 aliphatic heterocycles. The number of fused-ring (bicyclic) bond motifs is 3. The molecule has 0 fully saturated rings. The van der Waals surface area contributed by atoms with Gasteiger partial charge in [-0.3, -0.25) is 4.98 Å². The van der Waals surface area contributed by atoms with Crippen molar-refractivity contribution in [2.45, 2.75) is 13.8 Å². The fraction of sp³-hybridized carbons (Fsp3) is 0.143. The van der Waals surface area contributed by atoms with E-state index in [1.54, 1.807) is 31.6 Å². The van der Waals surface area contributed by atoms with Crippen LogP contribution in [-0.2, 0) is 0 Å². The minimum Gasteiger partial charge on any atom is -0.496 e. The van der Waals surface area contributed by atoms with Crippen molar-refractivity contribution in [1.29, 1.82) is 0 Å². The normalized spacial score (nSPS) is 11.4. The minimum atomic E-state index is -0.526. The van der Waals surface area contributed by atoms with Crippen molar-refractivity contribution in [1.82, 2.24) is 19.7 Å². The second kappa shape index (κ2) is 6.30. The quantitative estimate of drug-likeness (QED) is 0.464. The molecule has 4 heterocycles. The van der Waals surface area contributed by atoms with E-state index in [0.717, 1.165) is 16.8 Å². The lowest BCUT2D eigenvalue weighted by atomic mass is 10.0. The van der Waals surface area contributed by atoms with Crippen LogP contribution >= 0.6 is 0 Å². The summed E-state index contributed by atoms with van der Waals surface area (Å²) in [6.45, 7) is 3.73. The number of oxazole rings is 1. The Hall–Kier alpha value is -3.94. The number of aromatic nitrogens is 4. The molecule has 1 aromatic carbocycles. The van der Waals surface area contributed by atoms with Crippen LogP contribution in [-0.4, -0.2) is 26.8 Å². The summed E-state index contributed by atoms with van der Waals surface area (Å²) < 4.78 is 17.8. The van der Waals surface area contributed by atoms with E-state index < -0.39 is 5.76 Å². The molecular formula is C21H16N4O4. The molecule has 0 amide bonds. The predicted molar refractivity (Wildman–Crippen MR) is 106 cm³/mol. The first kappa shape index (κ1) is 17.2. The lowest BCUT2D eigenvalue weighted by Gasteiger charge is -2.11. The first-order chi connectivity index (χ1) is 14.1. The maximum Gasteiger partial charge on any atom is 0.425 e. The van der Waals surface area contributed by atoms with Gasteiger partial charge in [0.25, 0.3) is 0 Å². The van der Waals surface area contributed by atoms with Crippen LogP contribution in [0.25, 0.3) is 38.9 Å². The van der Waals surface area contributed by atoms with E-state index in [2.05, 4.69) is 15.1 Å². The van der Waals surface area contributed by atoms with Crippen LogP contribution in [0.15, 0.2) is 56.5 Å². The maximum absolute atomic E-state index is 12.6. The fourth-order valence-corrected chi connectivity index (χ4v) is 3.65. The summed E-state index contributed by atoms with van der Waals surface area (Å²) in [6.07, 6.45) is 3.17. The molecule has 0 aliphatic carbocycles. The van der Waals surface area contributed by atoms with E-state index in [1.165, 1.54) is 4.57 Å². The Morgan fingerprint density at radius 2 is 2.00 bits per heavy atom. The van der Waals surface area contributed by atoms with Gasteiger partial charge in [0.2, 0.25) is 0 Å². The molecule has 0 saturated heterocycles. The zero-order chi connectivity index (χ0) is 20.1. The van der Waals surface area contributed by atoms with Gasteiger partial charge in [0, 0.05) is 17.1 Å². The van der Waals surface area contributed by atoms with Gasteiger partial charge >= 0.3 is 5.76 Å². The van der Waals surface area contributed by atoms with Gasteiger partial charge in [0.05, 0.1) is 30.1 Å². The molecule has 144 valence electrons. The number of nitrogens with zero attached hydrogens (tertiary/aromatic N) is 4. The van der Waals surface area contributed by atoms with E-state index in [-0.39, 0.29) is 0 Å². The smallest absolute Gasteiger partial charge is 0.425 e. The van der Waals surface area contributed by atoms with Crippen LogP contribution in [0.3, 0.4) is 0 Å². The molecular weight excluding hydrogens is 372 g/mol. The largest absolute Gasteiger partial charge is 0.496 e. The Labute approximate surface area is 164 Å². The molecule has 29 heavy (non-hydrogen) atoms. The number of hydrogen-bond donors (Lipinski definition) is 0. The van der Waals surface area contributed by atoms with Gasteiger partial charge in [0.1, 0.15) is 22.8 Å². The molecule has 0 aliphatic rings. The van der Waals surface area contributed by atoms with Crippen molar-refractivity contribution < 1.29 is 13.7 Å². The highest BCUT2D eigenvalue weighted by Gasteiger charge is 2.21. The summed E-state index contributed by atoms with van der Waals surface area (Å²) >= 11 is 0. The summed E-state index contributed by atoms with van der Waals surface area (Å²) in [5.41, 5.74) is 4.08. The van der Waals surface area contributed by atoms with Crippen molar-refractivity contribution in [3.8, 4) is 22.7 Å². The van der Waals surface area contributed by atoms with E-state index in [9.17, 15) is 4.79 Å². The zero-order valence-corrected chi connectivity index (χ0v) is 16.0. The molecule has 0 spiro atoms. The maximum atomic E-state index is 12.6. The number of methoxy groups -OCH3 is 1. The zero-order valence-electron chi connectivity index (χ0n) is 16.0. The van der Waals surface area contributed by atoms with Gasteiger partial charge in [-0.15, -0.1) is 0 Å². The SMILES string of the molecule is COc1cc2c(cc1-c1c(C)noc1C)ncc1oc(=O)n(-c3ccccn3)c12. The third kappa shape index (κ3) is 2.53. The molecule has 5 aromatic rings. The third-order valence-corrected chi connectivity index (χ3v) is 4.91.